The van der Waals surface area contributed by atoms with Crippen molar-refractivity contribution in [2.45, 2.75) is 20.4 Å². The standard InChI is InChI=1S/C16H18N2O2/c1-5-6-18-13(10-19)9-15(17-18)16-11(2)7-14(20-4)8-12(16)3/h5,7-10H,1,6H2,2-4H3. The van der Waals surface area contributed by atoms with Crippen molar-refractivity contribution in [1.29, 1.82) is 0 Å². The Hall–Kier alpha value is -2.36. The molecule has 0 spiro atoms. The van der Waals surface area contributed by atoms with Gasteiger partial charge in [0, 0.05) is 5.56 Å². The number of hydrogen-bond acceptors (Lipinski definition) is 3. The second-order valence-corrected chi connectivity index (χ2v) is 4.68. The second-order valence-electron chi connectivity index (χ2n) is 4.68. The predicted octanol–water partition coefficient (Wildman–Crippen LogP) is 3.17. The number of ether oxygens (including phenoxy) is 1. The van der Waals surface area contributed by atoms with Gasteiger partial charge in [0.15, 0.2) is 6.29 Å². The number of hydrogen-bond donors (Lipinski definition) is 0. The van der Waals surface area contributed by atoms with Crippen LogP contribution in [0.2, 0.25) is 0 Å². The number of aldehydes is 1. The van der Waals surface area contributed by atoms with Crippen LogP contribution in [0.1, 0.15) is 21.6 Å². The highest BCUT2D eigenvalue weighted by Gasteiger charge is 2.13. The van der Waals surface area contributed by atoms with E-state index in [1.165, 1.54) is 0 Å². The van der Waals surface area contributed by atoms with E-state index in [4.69, 9.17) is 4.74 Å². The normalized spacial score (nSPS) is 10.3. The summed E-state index contributed by atoms with van der Waals surface area (Å²) in [6.07, 6.45) is 2.53. The molecule has 1 heterocycles. The van der Waals surface area contributed by atoms with Crippen molar-refractivity contribution in [2.75, 3.05) is 7.11 Å². The van der Waals surface area contributed by atoms with Crippen LogP contribution in [-0.2, 0) is 6.54 Å². The number of carbonyl (C=O) groups is 1. The number of allylic oxidation sites excluding steroid dienone is 1. The van der Waals surface area contributed by atoms with Crippen LogP contribution in [0.25, 0.3) is 11.3 Å². The third-order valence-electron chi connectivity index (χ3n) is 3.23. The number of carbonyl (C=O) groups excluding carboxylic acids is 1. The third-order valence-corrected chi connectivity index (χ3v) is 3.23. The lowest BCUT2D eigenvalue weighted by atomic mass is 9.99. The second kappa shape index (κ2) is 5.74. The van der Waals surface area contributed by atoms with E-state index in [1.54, 1.807) is 23.9 Å². The first kappa shape index (κ1) is 14.1. The topological polar surface area (TPSA) is 44.1 Å². The molecule has 0 amide bonds. The van der Waals surface area contributed by atoms with Crippen molar-refractivity contribution in [2.24, 2.45) is 0 Å². The summed E-state index contributed by atoms with van der Waals surface area (Å²) in [5, 5.41) is 4.49. The highest BCUT2D eigenvalue weighted by Crippen LogP contribution is 2.30. The molecule has 4 nitrogen and oxygen atoms in total. The molecule has 0 aliphatic rings. The lowest BCUT2D eigenvalue weighted by Crippen LogP contribution is -2.02. The molecule has 1 aromatic carbocycles. The Kier molecular flexibility index (Phi) is 4.03. The molecule has 0 N–H and O–H groups in total. The molecule has 0 atom stereocenters. The van der Waals surface area contributed by atoms with Gasteiger partial charge in [-0.3, -0.25) is 9.48 Å². The fourth-order valence-electron chi connectivity index (χ4n) is 2.36. The summed E-state index contributed by atoms with van der Waals surface area (Å²) in [7, 11) is 1.65. The molecule has 0 aliphatic heterocycles. The smallest absolute Gasteiger partial charge is 0.168 e. The first-order valence-electron chi connectivity index (χ1n) is 6.40. The first-order valence-corrected chi connectivity index (χ1v) is 6.40. The minimum absolute atomic E-state index is 0.516. The van der Waals surface area contributed by atoms with Gasteiger partial charge >= 0.3 is 0 Å². The summed E-state index contributed by atoms with van der Waals surface area (Å²) in [5.41, 5.74) is 4.53. The Morgan fingerprint density at radius 1 is 1.30 bits per heavy atom. The van der Waals surface area contributed by atoms with E-state index in [-0.39, 0.29) is 0 Å². The van der Waals surface area contributed by atoms with E-state index in [2.05, 4.69) is 11.7 Å². The van der Waals surface area contributed by atoms with Crippen molar-refractivity contribution in [3.63, 3.8) is 0 Å². The maximum Gasteiger partial charge on any atom is 0.168 e. The maximum absolute atomic E-state index is 11.1. The molecule has 0 fully saturated rings. The van der Waals surface area contributed by atoms with E-state index in [1.807, 2.05) is 26.0 Å². The van der Waals surface area contributed by atoms with Crippen molar-refractivity contribution < 1.29 is 9.53 Å². The molecular formula is C16H18N2O2. The van der Waals surface area contributed by atoms with Crippen molar-refractivity contribution >= 4 is 6.29 Å². The Morgan fingerprint density at radius 3 is 2.45 bits per heavy atom. The molecule has 2 aromatic rings. The number of aromatic nitrogens is 2. The summed E-state index contributed by atoms with van der Waals surface area (Å²) in [4.78, 5) is 11.1. The van der Waals surface area contributed by atoms with Crippen LogP contribution in [0.15, 0.2) is 30.9 Å². The average Bonchev–Trinajstić information content (AvgIpc) is 2.81. The zero-order chi connectivity index (χ0) is 14.7. The van der Waals surface area contributed by atoms with Crippen LogP contribution in [0.4, 0.5) is 0 Å². The number of methoxy groups -OCH3 is 1. The van der Waals surface area contributed by atoms with Gasteiger partial charge in [0.2, 0.25) is 0 Å². The third kappa shape index (κ3) is 2.50. The Balaban J connectivity index is 2.56. The summed E-state index contributed by atoms with van der Waals surface area (Å²) in [5.74, 6) is 0.824. The van der Waals surface area contributed by atoms with Crippen molar-refractivity contribution in [1.82, 2.24) is 9.78 Å². The van der Waals surface area contributed by atoms with Gasteiger partial charge in [-0.15, -0.1) is 6.58 Å². The van der Waals surface area contributed by atoms with E-state index >= 15 is 0 Å². The molecule has 0 unspecified atom stereocenters. The number of nitrogens with zero attached hydrogens (tertiary/aromatic N) is 2. The molecule has 0 aliphatic carbocycles. The molecule has 20 heavy (non-hydrogen) atoms. The van der Waals surface area contributed by atoms with E-state index in [9.17, 15) is 4.79 Å². The van der Waals surface area contributed by atoms with Crippen LogP contribution >= 0.6 is 0 Å². The van der Waals surface area contributed by atoms with Crippen LogP contribution < -0.4 is 4.74 Å². The quantitative estimate of drug-likeness (QED) is 0.619. The Labute approximate surface area is 118 Å². The Morgan fingerprint density at radius 2 is 1.95 bits per heavy atom. The number of rotatable bonds is 5. The largest absolute Gasteiger partial charge is 0.497 e. The Bertz CT molecular complexity index is 633. The molecule has 0 bridgehead atoms. The van der Waals surface area contributed by atoms with Crippen LogP contribution in [0.3, 0.4) is 0 Å². The van der Waals surface area contributed by atoms with Gasteiger partial charge in [0.1, 0.15) is 11.4 Å². The predicted molar refractivity (Wildman–Crippen MR) is 79.3 cm³/mol. The van der Waals surface area contributed by atoms with Crippen LogP contribution in [0, 0.1) is 13.8 Å². The average molecular weight is 270 g/mol. The number of benzene rings is 1. The van der Waals surface area contributed by atoms with Gasteiger partial charge < -0.3 is 4.74 Å². The van der Waals surface area contributed by atoms with Crippen LogP contribution in [0.5, 0.6) is 5.75 Å². The highest BCUT2D eigenvalue weighted by molar-refractivity contribution is 5.78. The molecule has 4 heteroatoms. The molecule has 2 rings (SSSR count). The van der Waals surface area contributed by atoms with Gasteiger partial charge in [-0.1, -0.05) is 6.08 Å². The zero-order valence-corrected chi connectivity index (χ0v) is 12.0. The minimum atomic E-state index is 0.516. The lowest BCUT2D eigenvalue weighted by molar-refractivity contribution is 0.111. The highest BCUT2D eigenvalue weighted by atomic mass is 16.5. The van der Waals surface area contributed by atoms with Gasteiger partial charge in [-0.2, -0.15) is 5.10 Å². The van der Waals surface area contributed by atoms with Gasteiger partial charge in [0.05, 0.1) is 19.3 Å². The minimum Gasteiger partial charge on any atom is -0.497 e. The maximum atomic E-state index is 11.1. The summed E-state index contributed by atoms with van der Waals surface area (Å²) in [6, 6.07) is 5.74. The molecule has 0 saturated heterocycles. The van der Waals surface area contributed by atoms with Gasteiger partial charge in [0.25, 0.3) is 0 Å². The van der Waals surface area contributed by atoms with E-state index < -0.39 is 0 Å². The molecular weight excluding hydrogens is 252 g/mol. The fourth-order valence-corrected chi connectivity index (χ4v) is 2.36. The first-order chi connectivity index (χ1) is 9.60. The lowest BCUT2D eigenvalue weighted by Gasteiger charge is -2.10. The van der Waals surface area contributed by atoms with E-state index in [0.717, 1.165) is 34.4 Å². The fraction of sp³-hybridized carbons (Fsp3) is 0.250. The molecule has 104 valence electrons. The number of aryl methyl sites for hydroxylation is 2. The van der Waals surface area contributed by atoms with Crippen molar-refractivity contribution in [3.05, 3.63) is 47.7 Å². The SMILES string of the molecule is C=CCn1nc(-c2c(C)cc(OC)cc2C)cc1C=O. The zero-order valence-electron chi connectivity index (χ0n) is 12.0. The molecule has 0 radical (unpaired) electrons. The van der Waals surface area contributed by atoms with Gasteiger partial charge in [-0.05, 0) is 43.2 Å². The summed E-state index contributed by atoms with van der Waals surface area (Å²) < 4.78 is 6.91. The monoisotopic (exact) mass is 270 g/mol. The summed E-state index contributed by atoms with van der Waals surface area (Å²) in [6.45, 7) is 8.22. The van der Waals surface area contributed by atoms with Gasteiger partial charge in [-0.25, -0.2) is 0 Å². The molecule has 1 aromatic heterocycles. The summed E-state index contributed by atoms with van der Waals surface area (Å²) >= 11 is 0. The van der Waals surface area contributed by atoms with Crippen LogP contribution in [-0.4, -0.2) is 23.2 Å². The molecule has 0 saturated carbocycles. The van der Waals surface area contributed by atoms with E-state index in [0.29, 0.717) is 12.2 Å². The van der Waals surface area contributed by atoms with Crippen molar-refractivity contribution in [3.8, 4) is 17.0 Å².